The molecule has 1 aromatic heterocycles. The zero-order valence-corrected chi connectivity index (χ0v) is 13.2. The van der Waals surface area contributed by atoms with Gasteiger partial charge in [-0.25, -0.2) is 4.98 Å². The molecular weight excluding hydrogens is 292 g/mol. The van der Waals surface area contributed by atoms with Crippen molar-refractivity contribution in [2.45, 2.75) is 18.9 Å². The van der Waals surface area contributed by atoms with Crippen LogP contribution in [0.5, 0.6) is 0 Å². The minimum atomic E-state index is 0.399. The molecular formula is C17H22N4O2. The molecule has 1 amide bonds. The van der Waals surface area contributed by atoms with Crippen LogP contribution in [0.15, 0.2) is 24.3 Å². The third kappa shape index (κ3) is 2.67. The fourth-order valence-electron chi connectivity index (χ4n) is 3.63. The number of amides is 1. The van der Waals surface area contributed by atoms with Crippen molar-refractivity contribution in [2.75, 3.05) is 44.3 Å². The molecule has 0 unspecified atom stereocenters. The number of carbonyl (C=O) groups excluding carboxylic acids is 1. The predicted octanol–water partition coefficient (Wildman–Crippen LogP) is 1.67. The van der Waals surface area contributed by atoms with E-state index in [1.807, 2.05) is 11.0 Å². The van der Waals surface area contributed by atoms with E-state index in [0.29, 0.717) is 6.04 Å². The van der Waals surface area contributed by atoms with Crippen LogP contribution in [0.2, 0.25) is 0 Å². The quantitative estimate of drug-likeness (QED) is 0.809. The van der Waals surface area contributed by atoms with Crippen LogP contribution in [0.25, 0.3) is 11.0 Å². The van der Waals surface area contributed by atoms with Crippen LogP contribution in [0.4, 0.5) is 5.95 Å². The Bertz CT molecular complexity index is 685. The summed E-state index contributed by atoms with van der Waals surface area (Å²) in [5.41, 5.74) is 2.24. The molecule has 2 fully saturated rings. The predicted molar refractivity (Wildman–Crippen MR) is 88.7 cm³/mol. The lowest BCUT2D eigenvalue weighted by Gasteiger charge is -2.34. The molecule has 122 valence electrons. The van der Waals surface area contributed by atoms with E-state index in [9.17, 15) is 4.79 Å². The number of carbonyl (C=O) groups is 1. The van der Waals surface area contributed by atoms with E-state index in [1.165, 1.54) is 5.52 Å². The summed E-state index contributed by atoms with van der Waals surface area (Å²) in [6, 6.07) is 8.74. The third-order valence-electron chi connectivity index (χ3n) is 4.88. The summed E-state index contributed by atoms with van der Waals surface area (Å²) in [7, 11) is 0. The van der Waals surface area contributed by atoms with Crippen LogP contribution in [0.3, 0.4) is 0 Å². The van der Waals surface area contributed by atoms with E-state index in [1.54, 1.807) is 0 Å². The van der Waals surface area contributed by atoms with Crippen molar-refractivity contribution in [3.05, 3.63) is 24.3 Å². The maximum atomic E-state index is 11.0. The van der Waals surface area contributed by atoms with Crippen LogP contribution in [0.1, 0.15) is 18.9 Å². The summed E-state index contributed by atoms with van der Waals surface area (Å²) < 4.78 is 7.88. The number of morpholine rings is 1. The van der Waals surface area contributed by atoms with Crippen molar-refractivity contribution in [3.8, 4) is 0 Å². The van der Waals surface area contributed by atoms with Gasteiger partial charge >= 0.3 is 0 Å². The Morgan fingerprint density at radius 1 is 1.09 bits per heavy atom. The van der Waals surface area contributed by atoms with Crippen LogP contribution in [-0.2, 0) is 9.53 Å². The van der Waals surface area contributed by atoms with Crippen LogP contribution in [0, 0.1) is 0 Å². The highest BCUT2D eigenvalue weighted by molar-refractivity contribution is 5.79. The van der Waals surface area contributed by atoms with Crippen LogP contribution in [-0.4, -0.2) is 60.3 Å². The number of para-hydroxylation sites is 2. The number of nitrogens with zero attached hydrogens (tertiary/aromatic N) is 4. The van der Waals surface area contributed by atoms with Crippen LogP contribution >= 0.6 is 0 Å². The van der Waals surface area contributed by atoms with E-state index < -0.39 is 0 Å². The molecule has 6 nitrogen and oxygen atoms in total. The van der Waals surface area contributed by atoms with Gasteiger partial charge in [0.2, 0.25) is 12.4 Å². The first-order chi connectivity index (χ1) is 11.4. The molecule has 0 atom stereocenters. The molecule has 0 N–H and O–H groups in total. The van der Waals surface area contributed by atoms with Gasteiger partial charge in [-0.3, -0.25) is 4.79 Å². The second-order valence-corrected chi connectivity index (χ2v) is 6.24. The zero-order chi connectivity index (χ0) is 15.6. The Balaban J connectivity index is 1.72. The zero-order valence-electron chi connectivity index (χ0n) is 13.2. The molecule has 0 spiro atoms. The number of rotatable bonds is 3. The Morgan fingerprint density at radius 3 is 2.57 bits per heavy atom. The molecule has 2 aromatic rings. The molecule has 1 aromatic carbocycles. The maximum Gasteiger partial charge on any atom is 0.209 e. The van der Waals surface area contributed by atoms with E-state index >= 15 is 0 Å². The molecule has 23 heavy (non-hydrogen) atoms. The highest BCUT2D eigenvalue weighted by Gasteiger charge is 2.26. The average molecular weight is 314 g/mol. The topological polar surface area (TPSA) is 50.6 Å². The standard InChI is InChI=1S/C17H22N4O2/c22-13-19-7-5-14(6-8-19)21-16-4-2-1-3-15(16)18-17(21)20-9-11-23-12-10-20/h1-4,13-14H,5-12H2. The molecule has 6 heteroatoms. The van der Waals surface area contributed by atoms with Gasteiger partial charge in [0.1, 0.15) is 0 Å². The number of aromatic nitrogens is 2. The van der Waals surface area contributed by atoms with E-state index in [2.05, 4.69) is 27.7 Å². The molecule has 0 aliphatic carbocycles. The third-order valence-corrected chi connectivity index (χ3v) is 4.88. The van der Waals surface area contributed by atoms with Gasteiger partial charge in [-0.15, -0.1) is 0 Å². The fourth-order valence-corrected chi connectivity index (χ4v) is 3.63. The number of likely N-dealkylation sites (tertiary alicyclic amines) is 1. The number of benzene rings is 1. The fraction of sp³-hybridized carbons (Fsp3) is 0.529. The Hall–Kier alpha value is -2.08. The summed E-state index contributed by atoms with van der Waals surface area (Å²) in [5.74, 6) is 1.05. The van der Waals surface area contributed by atoms with E-state index in [0.717, 1.165) is 70.1 Å². The summed E-state index contributed by atoms with van der Waals surface area (Å²) in [6.07, 6.45) is 2.93. The molecule has 4 rings (SSSR count). The van der Waals surface area contributed by atoms with Gasteiger partial charge < -0.3 is 19.1 Å². The van der Waals surface area contributed by atoms with E-state index in [4.69, 9.17) is 9.72 Å². The molecule has 3 heterocycles. The Kier molecular flexibility index (Phi) is 3.91. The molecule has 0 saturated carbocycles. The Morgan fingerprint density at radius 2 is 1.83 bits per heavy atom. The summed E-state index contributed by atoms with van der Waals surface area (Å²) in [4.78, 5) is 20.1. The molecule has 2 aliphatic heterocycles. The summed E-state index contributed by atoms with van der Waals surface area (Å²) in [5, 5.41) is 0. The average Bonchev–Trinajstić information content (AvgIpc) is 3.02. The largest absolute Gasteiger partial charge is 0.378 e. The Labute approximate surface area is 135 Å². The second kappa shape index (κ2) is 6.20. The van der Waals surface area contributed by atoms with Gasteiger partial charge in [0.25, 0.3) is 0 Å². The van der Waals surface area contributed by atoms with Crippen molar-refractivity contribution in [1.82, 2.24) is 14.5 Å². The summed E-state index contributed by atoms with van der Waals surface area (Å²) in [6.45, 7) is 4.93. The molecule has 2 saturated heterocycles. The number of anilines is 1. The number of ether oxygens (including phenoxy) is 1. The van der Waals surface area contributed by atoms with Crippen molar-refractivity contribution >= 4 is 23.4 Å². The van der Waals surface area contributed by atoms with Gasteiger partial charge in [-0.2, -0.15) is 0 Å². The SMILES string of the molecule is O=CN1CCC(n2c(N3CCOCC3)nc3ccccc32)CC1. The molecule has 2 aliphatic rings. The van der Waals surface area contributed by atoms with Crippen LogP contribution < -0.4 is 4.90 Å². The van der Waals surface area contributed by atoms with Gasteiger partial charge in [-0.05, 0) is 25.0 Å². The van der Waals surface area contributed by atoms with Crippen molar-refractivity contribution in [2.24, 2.45) is 0 Å². The second-order valence-electron chi connectivity index (χ2n) is 6.24. The minimum absolute atomic E-state index is 0.399. The molecule has 0 bridgehead atoms. The van der Waals surface area contributed by atoms with Gasteiger partial charge in [-0.1, -0.05) is 12.1 Å². The lowest BCUT2D eigenvalue weighted by atomic mass is 10.0. The van der Waals surface area contributed by atoms with Gasteiger partial charge in [0.15, 0.2) is 0 Å². The van der Waals surface area contributed by atoms with Gasteiger partial charge in [0.05, 0.1) is 24.2 Å². The monoisotopic (exact) mass is 314 g/mol. The summed E-state index contributed by atoms with van der Waals surface area (Å²) >= 11 is 0. The number of fused-ring (bicyclic) bond motifs is 1. The first-order valence-electron chi connectivity index (χ1n) is 8.36. The van der Waals surface area contributed by atoms with Gasteiger partial charge in [0, 0.05) is 32.2 Å². The smallest absolute Gasteiger partial charge is 0.209 e. The lowest BCUT2D eigenvalue weighted by molar-refractivity contribution is -0.119. The first kappa shape index (κ1) is 14.5. The van der Waals surface area contributed by atoms with Crippen molar-refractivity contribution < 1.29 is 9.53 Å². The number of hydrogen-bond acceptors (Lipinski definition) is 4. The number of imidazole rings is 1. The maximum absolute atomic E-state index is 11.0. The first-order valence-corrected chi connectivity index (χ1v) is 8.36. The highest BCUT2D eigenvalue weighted by atomic mass is 16.5. The van der Waals surface area contributed by atoms with Crippen molar-refractivity contribution in [1.29, 1.82) is 0 Å². The lowest BCUT2D eigenvalue weighted by Crippen LogP contribution is -2.39. The number of hydrogen-bond donors (Lipinski definition) is 0. The minimum Gasteiger partial charge on any atom is -0.378 e. The number of piperidine rings is 1. The normalized spacial score (nSPS) is 20.2. The van der Waals surface area contributed by atoms with Crippen molar-refractivity contribution in [3.63, 3.8) is 0 Å². The molecule has 0 radical (unpaired) electrons. The van der Waals surface area contributed by atoms with E-state index in [-0.39, 0.29) is 0 Å². The highest BCUT2D eigenvalue weighted by Crippen LogP contribution is 2.32.